The number of rotatable bonds is 5. The molecule has 101 valence electrons. The summed E-state index contributed by atoms with van der Waals surface area (Å²) in [7, 11) is 0. The summed E-state index contributed by atoms with van der Waals surface area (Å²) >= 11 is 0. The van der Waals surface area contributed by atoms with E-state index in [-0.39, 0.29) is 18.2 Å². The summed E-state index contributed by atoms with van der Waals surface area (Å²) in [4.78, 5) is 20.8. The van der Waals surface area contributed by atoms with Crippen LogP contribution in [-0.2, 0) is 6.42 Å². The fourth-order valence-electron chi connectivity index (χ4n) is 1.83. The molecule has 1 radical (unpaired) electrons. The Labute approximate surface area is 115 Å². The van der Waals surface area contributed by atoms with Crippen molar-refractivity contribution in [1.29, 1.82) is 0 Å². The van der Waals surface area contributed by atoms with Crippen LogP contribution in [0.3, 0.4) is 0 Å². The first-order chi connectivity index (χ1) is 9.58. The number of non-ortho nitro benzene ring substituents is 1. The van der Waals surface area contributed by atoms with Crippen molar-refractivity contribution in [1.82, 2.24) is 0 Å². The van der Waals surface area contributed by atoms with Gasteiger partial charge in [-0.05, 0) is 5.56 Å². The van der Waals surface area contributed by atoms with Crippen molar-refractivity contribution in [2.75, 3.05) is 0 Å². The van der Waals surface area contributed by atoms with Crippen LogP contribution < -0.4 is 0 Å². The van der Waals surface area contributed by atoms with Crippen LogP contribution in [0, 0.1) is 26.3 Å². The van der Waals surface area contributed by atoms with E-state index < -0.39 is 9.85 Å². The zero-order valence-electron chi connectivity index (χ0n) is 10.4. The van der Waals surface area contributed by atoms with Gasteiger partial charge in [-0.15, -0.1) is 0 Å². The van der Waals surface area contributed by atoms with Crippen LogP contribution in [-0.4, -0.2) is 9.85 Å². The third-order valence-electron chi connectivity index (χ3n) is 2.85. The van der Waals surface area contributed by atoms with Gasteiger partial charge >= 0.3 is 6.04 Å². The third-order valence-corrected chi connectivity index (χ3v) is 2.85. The Kier molecular flexibility index (Phi) is 4.05. The summed E-state index contributed by atoms with van der Waals surface area (Å²) in [6.45, 7) is 0. The van der Waals surface area contributed by atoms with Crippen molar-refractivity contribution in [3.8, 4) is 0 Å². The standard InChI is InChI=1S/C14H11N2O4/c17-15(18)13-8-6-11(7-9-13)10-14(16(19)20)12-4-2-1-3-5-12/h1-9H,10H2. The highest BCUT2D eigenvalue weighted by Gasteiger charge is 2.26. The summed E-state index contributed by atoms with van der Waals surface area (Å²) < 4.78 is 0. The minimum absolute atomic E-state index is 0.0314. The van der Waals surface area contributed by atoms with E-state index in [1.54, 1.807) is 30.3 Å². The highest BCUT2D eigenvalue weighted by Crippen LogP contribution is 2.22. The van der Waals surface area contributed by atoms with Crippen molar-refractivity contribution in [3.63, 3.8) is 0 Å². The molecule has 0 atom stereocenters. The molecule has 6 heteroatoms. The molecule has 0 bridgehead atoms. The Hall–Kier alpha value is -2.76. The Morgan fingerprint density at radius 2 is 1.50 bits per heavy atom. The van der Waals surface area contributed by atoms with Crippen LogP contribution in [0.5, 0.6) is 0 Å². The van der Waals surface area contributed by atoms with E-state index in [0.29, 0.717) is 11.1 Å². The highest BCUT2D eigenvalue weighted by atomic mass is 16.6. The van der Waals surface area contributed by atoms with E-state index in [1.165, 1.54) is 24.3 Å². The lowest BCUT2D eigenvalue weighted by Gasteiger charge is -2.07. The van der Waals surface area contributed by atoms with Gasteiger partial charge in [-0.3, -0.25) is 20.2 Å². The second kappa shape index (κ2) is 5.92. The quantitative estimate of drug-likeness (QED) is 0.617. The largest absolute Gasteiger partial charge is 0.324 e. The van der Waals surface area contributed by atoms with Gasteiger partial charge in [0.1, 0.15) is 0 Å². The molecular formula is C14H11N2O4. The van der Waals surface area contributed by atoms with Gasteiger partial charge in [0, 0.05) is 22.6 Å². The van der Waals surface area contributed by atoms with Gasteiger partial charge in [0.15, 0.2) is 0 Å². The third kappa shape index (κ3) is 3.17. The van der Waals surface area contributed by atoms with Gasteiger partial charge in [0.05, 0.1) is 11.3 Å². The molecule has 0 aliphatic heterocycles. The summed E-state index contributed by atoms with van der Waals surface area (Å²) in [5.74, 6) is 0. The molecule has 2 aromatic rings. The zero-order chi connectivity index (χ0) is 14.5. The fraction of sp³-hybridized carbons (Fsp3) is 0.0714. The molecule has 6 nitrogen and oxygen atoms in total. The fourth-order valence-corrected chi connectivity index (χ4v) is 1.83. The van der Waals surface area contributed by atoms with Crippen molar-refractivity contribution < 1.29 is 9.85 Å². The molecule has 0 saturated heterocycles. The molecule has 0 saturated carbocycles. The van der Waals surface area contributed by atoms with Crippen LogP contribution in [0.25, 0.3) is 0 Å². The van der Waals surface area contributed by atoms with Crippen LogP contribution in [0.1, 0.15) is 11.1 Å². The Morgan fingerprint density at radius 1 is 0.900 bits per heavy atom. The molecule has 0 amide bonds. The number of benzene rings is 2. The molecule has 0 aliphatic rings. The molecule has 20 heavy (non-hydrogen) atoms. The number of nitro benzene ring substituents is 1. The number of nitro groups is 2. The predicted octanol–water partition coefficient (Wildman–Crippen LogP) is 2.99. The smallest absolute Gasteiger partial charge is 0.263 e. The van der Waals surface area contributed by atoms with E-state index >= 15 is 0 Å². The first kappa shape index (κ1) is 13.7. The van der Waals surface area contributed by atoms with E-state index in [2.05, 4.69) is 0 Å². The average molecular weight is 271 g/mol. The lowest BCUT2D eigenvalue weighted by Crippen LogP contribution is -2.14. The topological polar surface area (TPSA) is 86.3 Å². The van der Waals surface area contributed by atoms with Crippen molar-refractivity contribution in [2.45, 2.75) is 6.42 Å². The summed E-state index contributed by atoms with van der Waals surface area (Å²) in [6.07, 6.45) is 0.120. The molecule has 2 rings (SSSR count). The van der Waals surface area contributed by atoms with Crippen molar-refractivity contribution >= 4 is 5.69 Å². The minimum Gasteiger partial charge on any atom is -0.263 e. The van der Waals surface area contributed by atoms with E-state index in [4.69, 9.17) is 0 Å². The maximum atomic E-state index is 11.1. The Bertz CT molecular complexity index is 611. The van der Waals surface area contributed by atoms with Gasteiger partial charge in [-0.2, -0.15) is 0 Å². The van der Waals surface area contributed by atoms with Gasteiger partial charge in [0.2, 0.25) is 0 Å². The van der Waals surface area contributed by atoms with Crippen molar-refractivity contribution in [3.05, 3.63) is 92.0 Å². The Balaban J connectivity index is 2.21. The molecule has 0 aliphatic carbocycles. The number of hydrogen-bond donors (Lipinski definition) is 0. The van der Waals surface area contributed by atoms with E-state index in [1.807, 2.05) is 0 Å². The van der Waals surface area contributed by atoms with Gasteiger partial charge in [0.25, 0.3) is 5.69 Å². The minimum atomic E-state index is -0.501. The SMILES string of the molecule is O=[N+]([O-])[C](Cc1ccc([N+](=O)[O-])cc1)c1ccccc1. The summed E-state index contributed by atoms with van der Waals surface area (Å²) in [5, 5.41) is 21.7. The average Bonchev–Trinajstić information content (AvgIpc) is 2.46. The van der Waals surface area contributed by atoms with Crippen LogP contribution in [0.4, 0.5) is 5.69 Å². The molecule has 2 aromatic carbocycles. The van der Waals surface area contributed by atoms with Gasteiger partial charge in [-0.25, -0.2) is 0 Å². The monoisotopic (exact) mass is 271 g/mol. The van der Waals surface area contributed by atoms with Crippen molar-refractivity contribution in [2.24, 2.45) is 0 Å². The molecule has 0 heterocycles. The van der Waals surface area contributed by atoms with E-state index in [0.717, 1.165) is 0 Å². The molecule has 0 aromatic heterocycles. The Morgan fingerprint density at radius 3 is 2.00 bits per heavy atom. The van der Waals surface area contributed by atoms with Crippen LogP contribution >= 0.6 is 0 Å². The lowest BCUT2D eigenvalue weighted by molar-refractivity contribution is -0.459. The maximum Gasteiger partial charge on any atom is 0.324 e. The molecule has 0 unspecified atom stereocenters. The number of nitrogens with zero attached hydrogens (tertiary/aromatic N) is 2. The van der Waals surface area contributed by atoms with Gasteiger partial charge < -0.3 is 0 Å². The van der Waals surface area contributed by atoms with E-state index in [9.17, 15) is 20.2 Å². The van der Waals surface area contributed by atoms with Crippen LogP contribution in [0.15, 0.2) is 54.6 Å². The van der Waals surface area contributed by atoms with Crippen LogP contribution in [0.2, 0.25) is 0 Å². The summed E-state index contributed by atoms with van der Waals surface area (Å²) in [6, 6.07) is 14.4. The molecule has 0 N–H and O–H groups in total. The first-order valence-corrected chi connectivity index (χ1v) is 5.87. The summed E-state index contributed by atoms with van der Waals surface area (Å²) in [5.41, 5.74) is 1.16. The number of hydrogen-bond acceptors (Lipinski definition) is 4. The van der Waals surface area contributed by atoms with Gasteiger partial charge in [-0.1, -0.05) is 42.5 Å². The first-order valence-electron chi connectivity index (χ1n) is 5.87. The maximum absolute atomic E-state index is 11.1. The molecule has 0 fully saturated rings. The molecular weight excluding hydrogens is 260 g/mol. The second-order valence-corrected chi connectivity index (χ2v) is 4.17. The highest BCUT2D eigenvalue weighted by molar-refractivity contribution is 5.36. The predicted molar refractivity (Wildman–Crippen MR) is 72.6 cm³/mol. The lowest BCUT2D eigenvalue weighted by atomic mass is 9.99. The molecule has 0 spiro atoms. The normalized spacial score (nSPS) is 10.4. The zero-order valence-corrected chi connectivity index (χ0v) is 10.4. The second-order valence-electron chi connectivity index (χ2n) is 4.17.